The van der Waals surface area contributed by atoms with E-state index in [-0.39, 0.29) is 12.6 Å². The summed E-state index contributed by atoms with van der Waals surface area (Å²) in [5.74, 6) is 0.232. The Labute approximate surface area is 109 Å². The van der Waals surface area contributed by atoms with E-state index in [0.29, 0.717) is 22.4 Å². The van der Waals surface area contributed by atoms with Crippen LogP contribution in [-0.4, -0.2) is 19.1 Å². The van der Waals surface area contributed by atoms with Gasteiger partial charge < -0.3 is 15.8 Å². The summed E-state index contributed by atoms with van der Waals surface area (Å²) in [6, 6.07) is 3.42. The molecule has 0 radical (unpaired) electrons. The van der Waals surface area contributed by atoms with Gasteiger partial charge in [-0.15, -0.1) is 0 Å². The van der Waals surface area contributed by atoms with Crippen molar-refractivity contribution in [1.29, 1.82) is 0 Å². The quantitative estimate of drug-likeness (QED) is 0.885. The molecule has 0 fully saturated rings. The summed E-state index contributed by atoms with van der Waals surface area (Å²) in [6.07, 6.45) is 0.747. The van der Waals surface area contributed by atoms with Crippen LogP contribution in [0.3, 0.4) is 0 Å². The van der Waals surface area contributed by atoms with Crippen LogP contribution in [0, 0.1) is 0 Å². The minimum Gasteiger partial charge on any atom is -0.492 e. The van der Waals surface area contributed by atoms with Crippen LogP contribution in [0.4, 0.5) is 0 Å². The summed E-state index contributed by atoms with van der Waals surface area (Å²) in [4.78, 5) is 10.8. The third kappa shape index (κ3) is 2.83. The lowest BCUT2D eigenvalue weighted by atomic mass is 10.0. The fraction of sp³-hybridized carbons (Fsp3) is 0.364. The van der Waals surface area contributed by atoms with Crippen LogP contribution in [0.1, 0.15) is 18.0 Å². The molecule has 1 unspecified atom stereocenters. The van der Waals surface area contributed by atoms with E-state index in [4.69, 9.17) is 33.7 Å². The summed E-state index contributed by atoms with van der Waals surface area (Å²) in [6.45, 7) is 0.666. The molecule has 1 aromatic rings. The smallest absolute Gasteiger partial charge is 0.231 e. The third-order valence-corrected chi connectivity index (χ3v) is 3.09. The lowest BCUT2D eigenvalue weighted by molar-refractivity contribution is -0.117. The number of hydrogen-bond acceptors (Lipinski definition) is 3. The summed E-state index contributed by atoms with van der Waals surface area (Å²) in [5, 5.41) is 4.09. The highest BCUT2D eigenvalue weighted by Crippen LogP contribution is 2.39. The summed E-state index contributed by atoms with van der Waals surface area (Å²) < 4.78 is 5.50. The van der Waals surface area contributed by atoms with E-state index in [1.807, 2.05) is 0 Å². The topological polar surface area (TPSA) is 64.4 Å². The Bertz CT molecular complexity index is 451. The van der Waals surface area contributed by atoms with Crippen LogP contribution in [0.15, 0.2) is 12.1 Å². The molecule has 4 nitrogen and oxygen atoms in total. The molecule has 2 rings (SSSR count). The number of nitrogens with two attached hydrogens (primary N) is 1. The Hall–Kier alpha value is -0.970. The Morgan fingerprint density at radius 2 is 2.29 bits per heavy atom. The Balaban J connectivity index is 2.27. The predicted molar refractivity (Wildman–Crippen MR) is 66.5 cm³/mol. The number of ether oxygens (including phenoxy) is 1. The molecule has 1 atom stereocenters. The molecule has 0 saturated carbocycles. The average Bonchev–Trinajstić information content (AvgIpc) is 2.26. The normalized spacial score (nSPS) is 18.4. The van der Waals surface area contributed by atoms with Gasteiger partial charge in [0.25, 0.3) is 0 Å². The van der Waals surface area contributed by atoms with Crippen molar-refractivity contribution in [2.75, 3.05) is 13.2 Å². The molecular weight excluding hydrogens is 263 g/mol. The van der Waals surface area contributed by atoms with E-state index in [0.717, 1.165) is 12.0 Å². The number of carbonyl (C=O) groups excluding carboxylic acids is 1. The van der Waals surface area contributed by atoms with E-state index < -0.39 is 5.91 Å². The van der Waals surface area contributed by atoms with E-state index in [9.17, 15) is 4.79 Å². The molecule has 0 aliphatic carbocycles. The number of halogens is 2. The van der Waals surface area contributed by atoms with Crippen LogP contribution in [0.2, 0.25) is 10.0 Å². The number of rotatable bonds is 3. The molecule has 0 spiro atoms. The van der Waals surface area contributed by atoms with Gasteiger partial charge in [-0.1, -0.05) is 23.2 Å². The van der Waals surface area contributed by atoms with Crippen molar-refractivity contribution in [3.05, 3.63) is 27.7 Å². The molecule has 6 heteroatoms. The van der Waals surface area contributed by atoms with Crippen LogP contribution in [0.5, 0.6) is 5.75 Å². The molecule has 1 aromatic carbocycles. The number of carbonyl (C=O) groups is 1. The van der Waals surface area contributed by atoms with Gasteiger partial charge in [0.2, 0.25) is 5.91 Å². The highest BCUT2D eigenvalue weighted by Gasteiger charge is 2.24. The van der Waals surface area contributed by atoms with Crippen LogP contribution in [-0.2, 0) is 4.79 Å². The fourth-order valence-corrected chi connectivity index (χ4v) is 2.43. The first-order valence-electron chi connectivity index (χ1n) is 5.21. The summed E-state index contributed by atoms with van der Waals surface area (Å²) >= 11 is 12.0. The summed E-state index contributed by atoms with van der Waals surface area (Å²) in [5.41, 5.74) is 5.97. The van der Waals surface area contributed by atoms with Crippen molar-refractivity contribution in [2.24, 2.45) is 5.73 Å². The second kappa shape index (κ2) is 5.12. The maximum atomic E-state index is 10.8. The van der Waals surface area contributed by atoms with Gasteiger partial charge in [-0.2, -0.15) is 0 Å². The molecule has 1 heterocycles. The van der Waals surface area contributed by atoms with E-state index in [1.54, 1.807) is 12.1 Å². The second-order valence-corrected chi connectivity index (χ2v) is 4.69. The molecule has 0 saturated heterocycles. The van der Waals surface area contributed by atoms with E-state index in [2.05, 4.69) is 5.32 Å². The van der Waals surface area contributed by atoms with Crippen molar-refractivity contribution in [2.45, 2.75) is 12.5 Å². The molecule has 17 heavy (non-hydrogen) atoms. The zero-order valence-corrected chi connectivity index (χ0v) is 10.5. The van der Waals surface area contributed by atoms with Gasteiger partial charge in [0.15, 0.2) is 0 Å². The molecule has 92 valence electrons. The minimum atomic E-state index is -0.397. The van der Waals surface area contributed by atoms with Gasteiger partial charge in [0, 0.05) is 23.0 Å². The van der Waals surface area contributed by atoms with Gasteiger partial charge in [0.1, 0.15) is 5.75 Å². The number of nitrogens with one attached hydrogen (secondary N) is 1. The molecule has 1 aliphatic rings. The lowest BCUT2D eigenvalue weighted by Crippen LogP contribution is -2.34. The number of benzene rings is 1. The van der Waals surface area contributed by atoms with Gasteiger partial charge in [0.05, 0.1) is 18.2 Å². The first-order valence-corrected chi connectivity index (χ1v) is 5.97. The van der Waals surface area contributed by atoms with Crippen molar-refractivity contribution < 1.29 is 9.53 Å². The third-order valence-electron chi connectivity index (χ3n) is 2.59. The Morgan fingerprint density at radius 1 is 1.53 bits per heavy atom. The van der Waals surface area contributed by atoms with E-state index in [1.165, 1.54) is 0 Å². The fourth-order valence-electron chi connectivity index (χ4n) is 1.86. The van der Waals surface area contributed by atoms with Gasteiger partial charge >= 0.3 is 0 Å². The van der Waals surface area contributed by atoms with Crippen LogP contribution >= 0.6 is 23.2 Å². The highest BCUT2D eigenvalue weighted by atomic mass is 35.5. The largest absolute Gasteiger partial charge is 0.492 e. The lowest BCUT2D eigenvalue weighted by Gasteiger charge is -2.27. The monoisotopic (exact) mass is 274 g/mol. The molecule has 1 aliphatic heterocycles. The maximum Gasteiger partial charge on any atom is 0.231 e. The number of fused-ring (bicyclic) bond motifs is 1. The Morgan fingerprint density at radius 3 is 3.00 bits per heavy atom. The standard InChI is InChI=1S/C11H12Cl2N2O2/c12-6-3-7-9(15-5-10(14)16)1-2-17-11(7)8(13)4-6/h3-4,9,15H,1-2,5H2,(H2,14,16). The van der Waals surface area contributed by atoms with Crippen LogP contribution < -0.4 is 15.8 Å². The Kier molecular flexibility index (Phi) is 3.76. The van der Waals surface area contributed by atoms with Crippen molar-refractivity contribution >= 4 is 29.1 Å². The summed E-state index contributed by atoms with van der Waals surface area (Å²) in [7, 11) is 0. The predicted octanol–water partition coefficient (Wildman–Crippen LogP) is 1.89. The molecular formula is C11H12Cl2N2O2. The number of amides is 1. The van der Waals surface area contributed by atoms with Crippen molar-refractivity contribution in [1.82, 2.24) is 5.32 Å². The van der Waals surface area contributed by atoms with E-state index >= 15 is 0 Å². The van der Waals surface area contributed by atoms with Crippen molar-refractivity contribution in [3.63, 3.8) is 0 Å². The number of hydrogen-bond donors (Lipinski definition) is 2. The van der Waals surface area contributed by atoms with Gasteiger partial charge in [-0.3, -0.25) is 4.79 Å². The second-order valence-electron chi connectivity index (χ2n) is 3.84. The van der Waals surface area contributed by atoms with Gasteiger partial charge in [-0.05, 0) is 12.1 Å². The zero-order valence-electron chi connectivity index (χ0n) is 9.00. The molecule has 0 bridgehead atoms. The SMILES string of the molecule is NC(=O)CNC1CCOc2c(Cl)cc(Cl)cc21. The first kappa shape index (κ1) is 12.5. The molecule has 3 N–H and O–H groups in total. The minimum absolute atomic E-state index is 0.0116. The average molecular weight is 275 g/mol. The number of primary amides is 1. The zero-order chi connectivity index (χ0) is 12.4. The first-order chi connectivity index (χ1) is 8.08. The molecule has 1 amide bonds. The van der Waals surface area contributed by atoms with Crippen LogP contribution in [0.25, 0.3) is 0 Å². The van der Waals surface area contributed by atoms with Gasteiger partial charge in [-0.25, -0.2) is 0 Å². The highest BCUT2D eigenvalue weighted by molar-refractivity contribution is 6.35. The maximum absolute atomic E-state index is 10.8. The molecule has 0 aromatic heterocycles. The van der Waals surface area contributed by atoms with Crippen molar-refractivity contribution in [3.8, 4) is 5.75 Å².